The zero-order valence-corrected chi connectivity index (χ0v) is 15.3. The quantitative estimate of drug-likeness (QED) is 0.689. The third-order valence-electron chi connectivity index (χ3n) is 4.38. The van der Waals surface area contributed by atoms with Crippen molar-refractivity contribution >= 4 is 0 Å². The third-order valence-corrected chi connectivity index (χ3v) is 4.38. The summed E-state index contributed by atoms with van der Waals surface area (Å²) in [6, 6.07) is 9.18. The second kappa shape index (κ2) is 8.09. The van der Waals surface area contributed by atoms with E-state index >= 15 is 0 Å². The molecule has 1 heterocycles. The van der Waals surface area contributed by atoms with Crippen LogP contribution in [0.2, 0.25) is 0 Å². The molecule has 0 bridgehead atoms. The zero-order chi connectivity index (χ0) is 19.4. The first-order chi connectivity index (χ1) is 13.1. The Kier molecular flexibility index (Phi) is 5.61. The Bertz CT molecular complexity index is 909. The van der Waals surface area contributed by atoms with Crippen molar-refractivity contribution in [1.29, 1.82) is 0 Å². The van der Waals surface area contributed by atoms with Gasteiger partial charge in [0.1, 0.15) is 11.6 Å². The lowest BCUT2D eigenvalue weighted by molar-refractivity contribution is 0.250. The lowest BCUT2D eigenvalue weighted by Gasteiger charge is -2.21. The van der Waals surface area contributed by atoms with Crippen LogP contribution >= 0.6 is 0 Å². The summed E-state index contributed by atoms with van der Waals surface area (Å²) in [6.45, 7) is -0.176. The average Bonchev–Trinajstić information content (AvgIpc) is 3.17. The van der Waals surface area contributed by atoms with Crippen LogP contribution in [-0.2, 0) is 0 Å². The maximum Gasteiger partial charge on any atom is 0.204 e. The Morgan fingerprint density at radius 2 is 1.70 bits per heavy atom. The van der Waals surface area contributed by atoms with E-state index < -0.39 is 6.04 Å². The van der Waals surface area contributed by atoms with Crippen LogP contribution in [-0.4, -0.2) is 42.6 Å². The Morgan fingerprint density at radius 1 is 1.00 bits per heavy atom. The van der Waals surface area contributed by atoms with Crippen LogP contribution in [0.15, 0.2) is 48.8 Å². The summed E-state index contributed by atoms with van der Waals surface area (Å²) in [5, 5.41) is 9.98. The second-order valence-corrected chi connectivity index (χ2v) is 5.79. The SMILES string of the molecule is COc1ccc(-c2nccn2C(CO)c2ccc(F)cc2)c(OC)c1OC. The molecule has 7 heteroatoms. The second-order valence-electron chi connectivity index (χ2n) is 5.79. The molecule has 1 aromatic heterocycles. The molecule has 0 aliphatic carbocycles. The number of aliphatic hydroxyl groups excluding tert-OH is 1. The van der Waals surface area contributed by atoms with Gasteiger partial charge in [-0.05, 0) is 29.8 Å². The Balaban J connectivity index is 2.13. The number of aromatic nitrogens is 2. The first-order valence-electron chi connectivity index (χ1n) is 8.33. The van der Waals surface area contributed by atoms with E-state index in [2.05, 4.69) is 4.98 Å². The molecular formula is C20H21FN2O4. The molecule has 27 heavy (non-hydrogen) atoms. The van der Waals surface area contributed by atoms with E-state index in [-0.39, 0.29) is 12.4 Å². The highest BCUT2D eigenvalue weighted by Crippen LogP contribution is 2.44. The molecule has 0 saturated heterocycles. The molecule has 0 aliphatic rings. The monoisotopic (exact) mass is 372 g/mol. The number of benzene rings is 2. The molecule has 3 rings (SSSR count). The largest absolute Gasteiger partial charge is 0.493 e. The van der Waals surface area contributed by atoms with Crippen LogP contribution in [0.5, 0.6) is 17.2 Å². The highest BCUT2D eigenvalue weighted by Gasteiger charge is 2.23. The molecule has 0 aliphatic heterocycles. The van der Waals surface area contributed by atoms with Gasteiger partial charge in [0.15, 0.2) is 11.5 Å². The van der Waals surface area contributed by atoms with E-state index in [1.54, 1.807) is 37.7 Å². The highest BCUT2D eigenvalue weighted by molar-refractivity contribution is 5.72. The molecule has 0 saturated carbocycles. The van der Waals surface area contributed by atoms with Crippen molar-refractivity contribution in [2.75, 3.05) is 27.9 Å². The highest BCUT2D eigenvalue weighted by atomic mass is 19.1. The van der Waals surface area contributed by atoms with Crippen molar-refractivity contribution in [3.63, 3.8) is 0 Å². The number of nitrogens with zero attached hydrogens (tertiary/aromatic N) is 2. The number of ether oxygens (including phenoxy) is 3. The lowest BCUT2D eigenvalue weighted by atomic mass is 10.1. The molecule has 1 atom stereocenters. The van der Waals surface area contributed by atoms with Crippen molar-refractivity contribution in [3.05, 3.63) is 60.2 Å². The van der Waals surface area contributed by atoms with Crippen molar-refractivity contribution in [2.45, 2.75) is 6.04 Å². The van der Waals surface area contributed by atoms with Crippen LogP contribution in [0, 0.1) is 5.82 Å². The fourth-order valence-corrected chi connectivity index (χ4v) is 3.09. The maximum atomic E-state index is 13.3. The lowest BCUT2D eigenvalue weighted by Crippen LogP contribution is -2.15. The van der Waals surface area contributed by atoms with Crippen LogP contribution < -0.4 is 14.2 Å². The van der Waals surface area contributed by atoms with Gasteiger partial charge in [-0.3, -0.25) is 0 Å². The average molecular weight is 372 g/mol. The number of hydrogen-bond acceptors (Lipinski definition) is 5. The van der Waals surface area contributed by atoms with E-state index in [9.17, 15) is 9.50 Å². The molecule has 6 nitrogen and oxygen atoms in total. The number of methoxy groups -OCH3 is 3. The Morgan fingerprint density at radius 3 is 2.30 bits per heavy atom. The standard InChI is InChI=1S/C20H21FN2O4/c1-25-17-9-8-15(18(26-2)19(17)27-3)20-22-10-11-23(20)16(12-24)13-4-6-14(21)7-5-13/h4-11,16,24H,12H2,1-3H3. The van der Waals surface area contributed by atoms with Crippen LogP contribution in [0.25, 0.3) is 11.4 Å². The molecule has 1 unspecified atom stereocenters. The maximum absolute atomic E-state index is 13.3. The Labute approximate surface area is 156 Å². The van der Waals surface area contributed by atoms with Crippen molar-refractivity contribution in [3.8, 4) is 28.6 Å². The van der Waals surface area contributed by atoms with Crippen molar-refractivity contribution in [1.82, 2.24) is 9.55 Å². The van der Waals surface area contributed by atoms with Crippen molar-refractivity contribution < 1.29 is 23.7 Å². The summed E-state index contributed by atoms with van der Waals surface area (Å²) >= 11 is 0. The summed E-state index contributed by atoms with van der Waals surface area (Å²) in [6.07, 6.45) is 3.40. The molecule has 2 aromatic carbocycles. The predicted molar refractivity (Wildman–Crippen MR) is 98.9 cm³/mol. The molecule has 0 amide bonds. The molecule has 0 fully saturated rings. The molecule has 142 valence electrons. The molecule has 3 aromatic rings. The van der Waals surface area contributed by atoms with E-state index in [0.717, 1.165) is 5.56 Å². The van der Waals surface area contributed by atoms with Crippen LogP contribution in [0.3, 0.4) is 0 Å². The fourth-order valence-electron chi connectivity index (χ4n) is 3.09. The summed E-state index contributed by atoms with van der Waals surface area (Å²) in [5.41, 5.74) is 1.44. The third kappa shape index (κ3) is 3.46. The predicted octanol–water partition coefficient (Wildman–Crippen LogP) is 3.30. The van der Waals surface area contributed by atoms with Gasteiger partial charge in [-0.25, -0.2) is 9.37 Å². The van der Waals surface area contributed by atoms with Gasteiger partial charge in [0, 0.05) is 12.4 Å². The minimum atomic E-state index is -0.430. The van der Waals surface area contributed by atoms with Gasteiger partial charge in [-0.15, -0.1) is 0 Å². The van der Waals surface area contributed by atoms with Gasteiger partial charge < -0.3 is 23.9 Å². The molecule has 0 radical (unpaired) electrons. The van der Waals surface area contributed by atoms with E-state index in [4.69, 9.17) is 14.2 Å². The molecular weight excluding hydrogens is 351 g/mol. The van der Waals surface area contributed by atoms with E-state index in [1.165, 1.54) is 26.4 Å². The summed E-state index contributed by atoms with van der Waals surface area (Å²) in [4.78, 5) is 4.44. The van der Waals surface area contributed by atoms with E-state index in [0.29, 0.717) is 28.6 Å². The van der Waals surface area contributed by atoms with Crippen molar-refractivity contribution in [2.24, 2.45) is 0 Å². The van der Waals surface area contributed by atoms with Gasteiger partial charge in [0.25, 0.3) is 0 Å². The topological polar surface area (TPSA) is 65.7 Å². The zero-order valence-electron chi connectivity index (χ0n) is 15.3. The smallest absolute Gasteiger partial charge is 0.204 e. The number of hydrogen-bond donors (Lipinski definition) is 1. The number of aliphatic hydroxyl groups is 1. The normalized spacial score (nSPS) is 11.9. The molecule has 1 N–H and O–H groups in total. The van der Waals surface area contributed by atoms with Gasteiger partial charge in [-0.2, -0.15) is 0 Å². The molecule has 0 spiro atoms. The summed E-state index contributed by atoms with van der Waals surface area (Å²) < 4.78 is 31.4. The van der Waals surface area contributed by atoms with Gasteiger partial charge in [-0.1, -0.05) is 12.1 Å². The first kappa shape index (κ1) is 18.7. The minimum Gasteiger partial charge on any atom is -0.493 e. The van der Waals surface area contributed by atoms with Gasteiger partial charge in [0.2, 0.25) is 5.75 Å². The van der Waals surface area contributed by atoms with Crippen LogP contribution in [0.1, 0.15) is 11.6 Å². The minimum absolute atomic E-state index is 0.176. The van der Waals surface area contributed by atoms with Gasteiger partial charge >= 0.3 is 0 Å². The Hall–Kier alpha value is -3.06. The van der Waals surface area contributed by atoms with Gasteiger partial charge in [0.05, 0.1) is 39.5 Å². The summed E-state index contributed by atoms with van der Waals surface area (Å²) in [5.74, 6) is 1.71. The van der Waals surface area contributed by atoms with E-state index in [1.807, 2.05) is 10.6 Å². The number of rotatable bonds is 7. The number of imidazole rings is 1. The summed E-state index contributed by atoms with van der Waals surface area (Å²) in [7, 11) is 4.62. The number of halogens is 1. The fraction of sp³-hybridized carbons (Fsp3) is 0.250. The first-order valence-corrected chi connectivity index (χ1v) is 8.33. The van der Waals surface area contributed by atoms with Crippen LogP contribution in [0.4, 0.5) is 4.39 Å².